The van der Waals surface area contributed by atoms with Crippen LogP contribution in [0.15, 0.2) is 30.3 Å². The SMILES string of the molecule is CCC(=O)[C@@H](C)[C@@H](O)[C@H](C)c1ccccc1. The molecule has 0 bridgehead atoms. The third-order valence-electron chi connectivity index (χ3n) is 3.21. The van der Waals surface area contributed by atoms with Gasteiger partial charge >= 0.3 is 0 Å². The molecule has 1 aromatic rings. The molecule has 1 N–H and O–H groups in total. The predicted octanol–water partition coefficient (Wildman–Crippen LogP) is 2.77. The van der Waals surface area contributed by atoms with Crippen molar-refractivity contribution in [3.63, 3.8) is 0 Å². The fourth-order valence-corrected chi connectivity index (χ4v) is 1.90. The average molecular weight is 220 g/mol. The molecular formula is C14H20O2. The molecule has 0 amide bonds. The van der Waals surface area contributed by atoms with Gasteiger partial charge in [-0.2, -0.15) is 0 Å². The van der Waals surface area contributed by atoms with Crippen molar-refractivity contribution in [1.29, 1.82) is 0 Å². The van der Waals surface area contributed by atoms with Gasteiger partial charge in [-0.3, -0.25) is 4.79 Å². The molecule has 0 radical (unpaired) electrons. The lowest BCUT2D eigenvalue weighted by Gasteiger charge is -2.24. The van der Waals surface area contributed by atoms with E-state index in [1.807, 2.05) is 44.2 Å². The second-order valence-corrected chi connectivity index (χ2v) is 4.30. The van der Waals surface area contributed by atoms with Crippen LogP contribution in [0.4, 0.5) is 0 Å². The number of rotatable bonds is 5. The molecule has 88 valence electrons. The zero-order valence-electron chi connectivity index (χ0n) is 10.2. The second kappa shape index (κ2) is 5.80. The maximum Gasteiger partial charge on any atom is 0.138 e. The zero-order valence-corrected chi connectivity index (χ0v) is 10.2. The van der Waals surface area contributed by atoms with Gasteiger partial charge in [0, 0.05) is 18.3 Å². The highest BCUT2D eigenvalue weighted by Crippen LogP contribution is 2.24. The fourth-order valence-electron chi connectivity index (χ4n) is 1.90. The first kappa shape index (κ1) is 12.9. The van der Waals surface area contributed by atoms with Gasteiger partial charge in [-0.15, -0.1) is 0 Å². The van der Waals surface area contributed by atoms with Crippen LogP contribution in [0.3, 0.4) is 0 Å². The van der Waals surface area contributed by atoms with Crippen LogP contribution in [0.2, 0.25) is 0 Å². The molecule has 16 heavy (non-hydrogen) atoms. The van der Waals surface area contributed by atoms with Crippen LogP contribution in [0.25, 0.3) is 0 Å². The third kappa shape index (κ3) is 2.92. The maximum absolute atomic E-state index is 11.5. The van der Waals surface area contributed by atoms with E-state index in [2.05, 4.69) is 0 Å². The molecule has 0 saturated carbocycles. The van der Waals surface area contributed by atoms with E-state index < -0.39 is 6.10 Å². The Morgan fingerprint density at radius 3 is 2.31 bits per heavy atom. The summed E-state index contributed by atoms with van der Waals surface area (Å²) in [5, 5.41) is 10.1. The summed E-state index contributed by atoms with van der Waals surface area (Å²) < 4.78 is 0. The number of carbonyl (C=O) groups is 1. The number of aliphatic hydroxyl groups is 1. The first-order chi connectivity index (χ1) is 7.57. The molecular weight excluding hydrogens is 200 g/mol. The van der Waals surface area contributed by atoms with Crippen LogP contribution in [0, 0.1) is 5.92 Å². The highest BCUT2D eigenvalue weighted by atomic mass is 16.3. The van der Waals surface area contributed by atoms with Crippen molar-refractivity contribution < 1.29 is 9.90 Å². The molecule has 0 aromatic heterocycles. The molecule has 1 aromatic carbocycles. The number of hydrogen-bond donors (Lipinski definition) is 1. The van der Waals surface area contributed by atoms with Crippen LogP contribution in [-0.2, 0) is 4.79 Å². The van der Waals surface area contributed by atoms with Crippen molar-refractivity contribution in [2.24, 2.45) is 5.92 Å². The van der Waals surface area contributed by atoms with E-state index in [0.717, 1.165) is 5.56 Å². The van der Waals surface area contributed by atoms with Crippen molar-refractivity contribution in [3.05, 3.63) is 35.9 Å². The normalized spacial score (nSPS) is 16.5. The molecule has 0 aliphatic heterocycles. The summed E-state index contributed by atoms with van der Waals surface area (Å²) in [6.45, 7) is 5.59. The van der Waals surface area contributed by atoms with Crippen molar-refractivity contribution in [1.82, 2.24) is 0 Å². The minimum atomic E-state index is -0.602. The summed E-state index contributed by atoms with van der Waals surface area (Å²) in [6.07, 6.45) is -0.116. The lowest BCUT2D eigenvalue weighted by Crippen LogP contribution is -2.29. The Bertz CT molecular complexity index is 332. The molecule has 0 unspecified atom stereocenters. The van der Waals surface area contributed by atoms with Crippen molar-refractivity contribution in [3.8, 4) is 0 Å². The molecule has 0 spiro atoms. The minimum absolute atomic E-state index is 0.00769. The smallest absolute Gasteiger partial charge is 0.138 e. The lowest BCUT2D eigenvalue weighted by molar-refractivity contribution is -0.125. The summed E-state index contributed by atoms with van der Waals surface area (Å²) in [5.74, 6) is -0.179. The summed E-state index contributed by atoms with van der Waals surface area (Å²) >= 11 is 0. The van der Waals surface area contributed by atoms with Gasteiger partial charge in [0.25, 0.3) is 0 Å². The van der Waals surface area contributed by atoms with E-state index in [0.29, 0.717) is 6.42 Å². The van der Waals surface area contributed by atoms with Crippen molar-refractivity contribution >= 4 is 5.78 Å². The summed E-state index contributed by atoms with van der Waals surface area (Å²) in [7, 11) is 0. The highest BCUT2D eigenvalue weighted by molar-refractivity contribution is 5.81. The van der Waals surface area contributed by atoms with Gasteiger partial charge in [0.1, 0.15) is 5.78 Å². The molecule has 0 heterocycles. The lowest BCUT2D eigenvalue weighted by atomic mass is 9.85. The first-order valence-electron chi connectivity index (χ1n) is 5.83. The van der Waals surface area contributed by atoms with Gasteiger partial charge in [-0.05, 0) is 5.56 Å². The second-order valence-electron chi connectivity index (χ2n) is 4.30. The number of carbonyl (C=O) groups excluding carboxylic acids is 1. The largest absolute Gasteiger partial charge is 0.392 e. The number of hydrogen-bond acceptors (Lipinski definition) is 2. The molecule has 1 rings (SSSR count). The summed E-state index contributed by atoms with van der Waals surface area (Å²) in [4.78, 5) is 11.5. The molecule has 0 fully saturated rings. The van der Waals surface area contributed by atoms with Crippen molar-refractivity contribution in [2.75, 3.05) is 0 Å². The van der Waals surface area contributed by atoms with Gasteiger partial charge in [0.05, 0.1) is 6.10 Å². The standard InChI is InChI=1S/C14H20O2/c1-4-13(15)11(3)14(16)10(2)12-8-6-5-7-9-12/h5-11,14,16H,4H2,1-3H3/t10-,11-,14+/m1/s1. The van der Waals surface area contributed by atoms with E-state index in [1.54, 1.807) is 6.92 Å². The van der Waals surface area contributed by atoms with E-state index >= 15 is 0 Å². The van der Waals surface area contributed by atoms with Crippen molar-refractivity contribution in [2.45, 2.75) is 39.2 Å². The van der Waals surface area contributed by atoms with Gasteiger partial charge in [0.2, 0.25) is 0 Å². The van der Waals surface area contributed by atoms with Gasteiger partial charge in [-0.25, -0.2) is 0 Å². The predicted molar refractivity (Wildman–Crippen MR) is 65.3 cm³/mol. The van der Waals surface area contributed by atoms with Gasteiger partial charge in [0.15, 0.2) is 0 Å². The Balaban J connectivity index is 2.74. The molecule has 2 nitrogen and oxygen atoms in total. The zero-order chi connectivity index (χ0) is 12.1. The number of ketones is 1. The molecule has 3 atom stereocenters. The van der Waals surface area contributed by atoms with Gasteiger partial charge < -0.3 is 5.11 Å². The Morgan fingerprint density at radius 1 is 1.25 bits per heavy atom. The van der Waals surface area contributed by atoms with Crippen LogP contribution in [0.1, 0.15) is 38.7 Å². The molecule has 2 heteroatoms. The minimum Gasteiger partial charge on any atom is -0.392 e. The van der Waals surface area contributed by atoms with Gasteiger partial charge in [-0.1, -0.05) is 51.1 Å². The van der Waals surface area contributed by atoms with Crippen LogP contribution in [0.5, 0.6) is 0 Å². The summed E-state index contributed by atoms with van der Waals surface area (Å²) in [6, 6.07) is 9.81. The van der Waals surface area contributed by atoms with E-state index in [9.17, 15) is 9.90 Å². The molecule has 0 aliphatic carbocycles. The first-order valence-corrected chi connectivity index (χ1v) is 5.83. The Kier molecular flexibility index (Phi) is 4.69. The van der Waals surface area contributed by atoms with E-state index in [-0.39, 0.29) is 17.6 Å². The third-order valence-corrected chi connectivity index (χ3v) is 3.21. The maximum atomic E-state index is 11.5. The average Bonchev–Trinajstić information content (AvgIpc) is 2.36. The monoisotopic (exact) mass is 220 g/mol. The summed E-state index contributed by atoms with van der Waals surface area (Å²) in [5.41, 5.74) is 1.07. The van der Waals surface area contributed by atoms with E-state index in [1.165, 1.54) is 0 Å². The number of Topliss-reactive ketones (excluding diaryl/α,β-unsaturated/α-hetero) is 1. The van der Waals surface area contributed by atoms with E-state index in [4.69, 9.17) is 0 Å². The topological polar surface area (TPSA) is 37.3 Å². The Morgan fingerprint density at radius 2 is 1.81 bits per heavy atom. The Labute approximate surface area is 97.3 Å². The number of benzene rings is 1. The van der Waals surface area contributed by atoms with Crippen LogP contribution >= 0.6 is 0 Å². The molecule has 0 saturated heterocycles. The fraction of sp³-hybridized carbons (Fsp3) is 0.500. The Hall–Kier alpha value is -1.15. The molecule has 0 aliphatic rings. The quantitative estimate of drug-likeness (QED) is 0.828. The number of aliphatic hydroxyl groups excluding tert-OH is 1. The highest BCUT2D eigenvalue weighted by Gasteiger charge is 2.26. The van der Waals surface area contributed by atoms with Crippen LogP contribution in [-0.4, -0.2) is 17.0 Å². The van der Waals surface area contributed by atoms with Crippen LogP contribution < -0.4 is 0 Å².